The molecular formula is C18H28O2. The third-order valence-electron chi connectivity index (χ3n) is 5.91. The molecule has 2 aliphatic rings. The van der Waals surface area contributed by atoms with Crippen LogP contribution < -0.4 is 0 Å². The first kappa shape index (κ1) is 15.5. The first-order valence-corrected chi connectivity index (χ1v) is 7.91. The zero-order chi connectivity index (χ0) is 15.1. The van der Waals surface area contributed by atoms with Gasteiger partial charge in [-0.3, -0.25) is 4.79 Å². The van der Waals surface area contributed by atoms with E-state index in [1.54, 1.807) is 6.92 Å². The Bertz CT molecular complexity index is 470. The number of rotatable bonds is 3. The van der Waals surface area contributed by atoms with Gasteiger partial charge in [0.1, 0.15) is 5.78 Å². The van der Waals surface area contributed by atoms with Crippen molar-refractivity contribution in [1.82, 2.24) is 0 Å². The van der Waals surface area contributed by atoms with E-state index in [-0.39, 0.29) is 16.6 Å². The molecule has 2 nitrogen and oxygen atoms in total. The summed E-state index contributed by atoms with van der Waals surface area (Å²) in [6.45, 7) is 10.6. The van der Waals surface area contributed by atoms with E-state index < -0.39 is 0 Å². The zero-order valence-corrected chi connectivity index (χ0v) is 13.6. The molecule has 0 aromatic heterocycles. The molecule has 0 bridgehead atoms. The molecule has 2 atom stereocenters. The van der Waals surface area contributed by atoms with Crippen LogP contribution in [0.1, 0.15) is 73.1 Å². The maximum atomic E-state index is 12.4. The van der Waals surface area contributed by atoms with E-state index in [0.29, 0.717) is 24.5 Å². The van der Waals surface area contributed by atoms with Crippen LogP contribution in [0.5, 0.6) is 0 Å². The van der Waals surface area contributed by atoms with Crippen LogP contribution in [0.25, 0.3) is 0 Å². The van der Waals surface area contributed by atoms with Gasteiger partial charge in [0.25, 0.3) is 0 Å². The van der Waals surface area contributed by atoms with Crippen LogP contribution in [0.15, 0.2) is 11.1 Å². The molecule has 2 rings (SSSR count). The summed E-state index contributed by atoms with van der Waals surface area (Å²) in [5.41, 5.74) is 2.57. The van der Waals surface area contributed by atoms with Crippen molar-refractivity contribution >= 4 is 11.6 Å². The molecule has 1 fully saturated rings. The molecule has 0 radical (unpaired) electrons. The van der Waals surface area contributed by atoms with Crippen molar-refractivity contribution in [3.63, 3.8) is 0 Å². The highest BCUT2D eigenvalue weighted by molar-refractivity contribution is 5.97. The Morgan fingerprint density at radius 3 is 2.50 bits per heavy atom. The van der Waals surface area contributed by atoms with Crippen molar-refractivity contribution in [2.75, 3.05) is 0 Å². The van der Waals surface area contributed by atoms with Crippen molar-refractivity contribution in [2.45, 2.75) is 73.1 Å². The molecule has 1 saturated carbocycles. The van der Waals surface area contributed by atoms with Gasteiger partial charge in [-0.2, -0.15) is 0 Å². The Morgan fingerprint density at radius 1 is 1.25 bits per heavy atom. The van der Waals surface area contributed by atoms with Gasteiger partial charge in [-0.15, -0.1) is 0 Å². The van der Waals surface area contributed by atoms with Gasteiger partial charge >= 0.3 is 0 Å². The summed E-state index contributed by atoms with van der Waals surface area (Å²) in [4.78, 5) is 23.8. The molecule has 20 heavy (non-hydrogen) atoms. The quantitative estimate of drug-likeness (QED) is 0.761. The molecule has 2 heteroatoms. The molecule has 0 aromatic rings. The zero-order valence-electron chi connectivity index (χ0n) is 13.6. The van der Waals surface area contributed by atoms with Crippen molar-refractivity contribution in [2.24, 2.45) is 16.7 Å². The van der Waals surface area contributed by atoms with Crippen LogP contribution in [-0.4, -0.2) is 11.6 Å². The highest BCUT2D eigenvalue weighted by atomic mass is 16.1. The molecule has 0 spiro atoms. The topological polar surface area (TPSA) is 34.1 Å². The highest BCUT2D eigenvalue weighted by Crippen LogP contribution is 2.59. The first-order valence-electron chi connectivity index (χ1n) is 7.91. The van der Waals surface area contributed by atoms with Crippen LogP contribution in [-0.2, 0) is 9.59 Å². The SMILES string of the molecule is CC(=O)CCC1=C(C)C(=O)CC2C(C)(C)CCC[C@]12C. The fourth-order valence-electron chi connectivity index (χ4n) is 4.69. The van der Waals surface area contributed by atoms with E-state index in [1.807, 2.05) is 6.92 Å². The summed E-state index contributed by atoms with van der Waals surface area (Å²) in [5, 5.41) is 0. The van der Waals surface area contributed by atoms with E-state index in [2.05, 4.69) is 20.8 Å². The number of hydrogen-bond donors (Lipinski definition) is 0. The Morgan fingerprint density at radius 2 is 1.90 bits per heavy atom. The fraction of sp³-hybridized carbons (Fsp3) is 0.778. The minimum Gasteiger partial charge on any atom is -0.300 e. The predicted octanol–water partition coefficient (Wildman–Crippen LogP) is 4.48. The molecule has 0 aliphatic heterocycles. The van der Waals surface area contributed by atoms with Gasteiger partial charge < -0.3 is 4.79 Å². The van der Waals surface area contributed by atoms with Gasteiger partial charge in [0, 0.05) is 12.8 Å². The van der Waals surface area contributed by atoms with E-state index in [4.69, 9.17) is 0 Å². The maximum Gasteiger partial charge on any atom is 0.158 e. The lowest BCUT2D eigenvalue weighted by atomic mass is 9.49. The molecule has 0 amide bonds. The fourth-order valence-corrected chi connectivity index (χ4v) is 4.69. The van der Waals surface area contributed by atoms with Crippen molar-refractivity contribution in [3.05, 3.63) is 11.1 Å². The second-order valence-electron chi connectivity index (χ2n) is 7.75. The molecule has 112 valence electrons. The summed E-state index contributed by atoms with van der Waals surface area (Å²) >= 11 is 0. The number of hydrogen-bond acceptors (Lipinski definition) is 2. The summed E-state index contributed by atoms with van der Waals surface area (Å²) in [7, 11) is 0. The Kier molecular flexibility index (Phi) is 3.96. The van der Waals surface area contributed by atoms with Gasteiger partial charge in [0.05, 0.1) is 0 Å². The Hall–Kier alpha value is -0.920. The monoisotopic (exact) mass is 276 g/mol. The van der Waals surface area contributed by atoms with E-state index >= 15 is 0 Å². The first-order chi connectivity index (χ1) is 9.18. The normalized spacial score (nSPS) is 33.0. The van der Waals surface area contributed by atoms with Gasteiger partial charge in [-0.1, -0.05) is 32.8 Å². The van der Waals surface area contributed by atoms with E-state index in [9.17, 15) is 9.59 Å². The number of Topliss-reactive ketones (excluding diaryl/α,β-unsaturated/α-hetero) is 2. The van der Waals surface area contributed by atoms with Crippen LogP contribution in [0.2, 0.25) is 0 Å². The molecule has 0 heterocycles. The highest BCUT2D eigenvalue weighted by Gasteiger charge is 2.51. The molecule has 0 saturated heterocycles. The number of carbonyl (C=O) groups excluding carboxylic acids is 2. The lowest BCUT2D eigenvalue weighted by molar-refractivity contribution is -0.122. The molecular weight excluding hydrogens is 248 g/mol. The minimum atomic E-state index is 0.120. The standard InChI is InChI=1S/C18H28O2/c1-12(19)7-8-14-13(2)15(20)11-16-17(3,4)9-6-10-18(14,16)5/h16H,6-11H2,1-5H3/t16?,18-/m1/s1. The molecule has 2 aliphatic carbocycles. The number of allylic oxidation sites excluding steroid dienone is 2. The van der Waals surface area contributed by atoms with E-state index in [0.717, 1.165) is 12.0 Å². The number of carbonyl (C=O) groups is 2. The summed E-state index contributed by atoms with van der Waals surface area (Å²) in [6.07, 6.45) is 5.64. The Labute approximate surface area is 123 Å². The third kappa shape index (κ3) is 2.49. The average molecular weight is 276 g/mol. The van der Waals surface area contributed by atoms with Crippen molar-refractivity contribution < 1.29 is 9.59 Å². The third-order valence-corrected chi connectivity index (χ3v) is 5.91. The van der Waals surface area contributed by atoms with Gasteiger partial charge in [-0.25, -0.2) is 0 Å². The lowest BCUT2D eigenvalue weighted by Gasteiger charge is -2.54. The average Bonchev–Trinajstić information content (AvgIpc) is 2.31. The second kappa shape index (κ2) is 5.13. The summed E-state index contributed by atoms with van der Waals surface area (Å²) in [5.74, 6) is 0.960. The number of ketones is 2. The predicted molar refractivity (Wildman–Crippen MR) is 81.5 cm³/mol. The molecule has 0 N–H and O–H groups in total. The summed E-state index contributed by atoms with van der Waals surface area (Å²) < 4.78 is 0. The molecule has 1 unspecified atom stereocenters. The van der Waals surface area contributed by atoms with Crippen LogP contribution in [0, 0.1) is 16.7 Å². The smallest absolute Gasteiger partial charge is 0.158 e. The van der Waals surface area contributed by atoms with Gasteiger partial charge in [-0.05, 0) is 55.4 Å². The molecule has 0 aromatic carbocycles. The van der Waals surface area contributed by atoms with Crippen LogP contribution >= 0.6 is 0 Å². The summed E-state index contributed by atoms with van der Waals surface area (Å²) in [6, 6.07) is 0. The minimum absolute atomic E-state index is 0.120. The number of fused-ring (bicyclic) bond motifs is 1. The maximum absolute atomic E-state index is 12.4. The van der Waals surface area contributed by atoms with Crippen LogP contribution in [0.3, 0.4) is 0 Å². The second-order valence-corrected chi connectivity index (χ2v) is 7.75. The van der Waals surface area contributed by atoms with Crippen molar-refractivity contribution in [1.29, 1.82) is 0 Å². The van der Waals surface area contributed by atoms with Crippen molar-refractivity contribution in [3.8, 4) is 0 Å². The largest absolute Gasteiger partial charge is 0.300 e. The van der Waals surface area contributed by atoms with Gasteiger partial charge in [0.2, 0.25) is 0 Å². The Balaban J connectivity index is 2.42. The van der Waals surface area contributed by atoms with Gasteiger partial charge in [0.15, 0.2) is 5.78 Å². The van der Waals surface area contributed by atoms with E-state index in [1.165, 1.54) is 24.8 Å². The lowest BCUT2D eigenvalue weighted by Crippen LogP contribution is -2.47. The van der Waals surface area contributed by atoms with Crippen LogP contribution in [0.4, 0.5) is 0 Å².